The summed E-state index contributed by atoms with van der Waals surface area (Å²) in [6.07, 6.45) is 3.29. The van der Waals surface area contributed by atoms with E-state index in [0.29, 0.717) is 12.3 Å². The van der Waals surface area contributed by atoms with Gasteiger partial charge in [-0.1, -0.05) is 24.3 Å². The van der Waals surface area contributed by atoms with Crippen LogP contribution in [0.4, 0.5) is 0 Å². The van der Waals surface area contributed by atoms with E-state index in [1.165, 1.54) is 11.1 Å². The number of aliphatic hydroxyl groups excluding tert-OH is 1. The van der Waals surface area contributed by atoms with E-state index in [4.69, 9.17) is 5.11 Å². The molecule has 104 valence electrons. The topological polar surface area (TPSA) is 40.5 Å². The van der Waals surface area contributed by atoms with Gasteiger partial charge < -0.3 is 10.0 Å². The molecule has 0 atom stereocenters. The van der Waals surface area contributed by atoms with Gasteiger partial charge in [0.25, 0.3) is 0 Å². The number of aliphatic hydroxyl groups is 1. The maximum absolute atomic E-state index is 12.1. The van der Waals surface area contributed by atoms with Crippen molar-refractivity contribution in [1.29, 1.82) is 0 Å². The van der Waals surface area contributed by atoms with Crippen molar-refractivity contribution in [3.8, 4) is 0 Å². The molecule has 0 radical (unpaired) electrons. The summed E-state index contributed by atoms with van der Waals surface area (Å²) in [5.41, 5.74) is 2.52. The van der Waals surface area contributed by atoms with Crippen LogP contribution in [0, 0.1) is 12.8 Å². The Kier molecular flexibility index (Phi) is 4.97. The molecule has 1 amide bonds. The molecule has 1 heterocycles. The van der Waals surface area contributed by atoms with Crippen LogP contribution in [0.25, 0.3) is 0 Å². The minimum atomic E-state index is 0.250. The second kappa shape index (κ2) is 6.71. The molecule has 0 aromatic heterocycles. The Bertz CT molecular complexity index is 423. The number of piperidine rings is 1. The van der Waals surface area contributed by atoms with Gasteiger partial charge in [0.2, 0.25) is 5.91 Å². The number of rotatable bonds is 4. The Morgan fingerprint density at radius 2 is 2.00 bits per heavy atom. The van der Waals surface area contributed by atoms with Crippen molar-refractivity contribution < 1.29 is 9.90 Å². The van der Waals surface area contributed by atoms with Crippen LogP contribution < -0.4 is 0 Å². The van der Waals surface area contributed by atoms with Gasteiger partial charge in [-0.05, 0) is 43.2 Å². The monoisotopic (exact) mass is 261 g/mol. The fraction of sp³-hybridized carbons (Fsp3) is 0.562. The van der Waals surface area contributed by atoms with Gasteiger partial charge in [-0.2, -0.15) is 0 Å². The van der Waals surface area contributed by atoms with E-state index in [1.807, 2.05) is 17.0 Å². The van der Waals surface area contributed by atoms with E-state index in [9.17, 15) is 4.79 Å². The number of benzene rings is 1. The fourth-order valence-electron chi connectivity index (χ4n) is 2.66. The van der Waals surface area contributed by atoms with E-state index >= 15 is 0 Å². The van der Waals surface area contributed by atoms with Crippen molar-refractivity contribution in [2.24, 2.45) is 5.92 Å². The quantitative estimate of drug-likeness (QED) is 0.902. The van der Waals surface area contributed by atoms with E-state index in [0.717, 1.165) is 32.4 Å². The first-order valence-electron chi connectivity index (χ1n) is 7.14. The van der Waals surface area contributed by atoms with Gasteiger partial charge in [0, 0.05) is 26.1 Å². The van der Waals surface area contributed by atoms with E-state index < -0.39 is 0 Å². The summed E-state index contributed by atoms with van der Waals surface area (Å²) in [6.45, 7) is 3.95. The number of nitrogens with zero attached hydrogens (tertiary/aromatic N) is 1. The van der Waals surface area contributed by atoms with Crippen LogP contribution in [-0.2, 0) is 11.2 Å². The van der Waals surface area contributed by atoms with Crippen LogP contribution in [-0.4, -0.2) is 35.6 Å². The van der Waals surface area contributed by atoms with Crippen molar-refractivity contribution in [3.63, 3.8) is 0 Å². The van der Waals surface area contributed by atoms with Gasteiger partial charge in [-0.15, -0.1) is 0 Å². The number of amides is 1. The molecule has 0 spiro atoms. The molecule has 1 fully saturated rings. The van der Waals surface area contributed by atoms with Crippen molar-refractivity contribution in [2.75, 3.05) is 19.7 Å². The standard InChI is InChI=1S/C16H23NO2/c1-13-4-2-3-5-15(13)6-7-16(19)17-10-8-14(12-18)9-11-17/h2-5,14,18H,6-12H2,1H3. The van der Waals surface area contributed by atoms with Crippen LogP contribution in [0.3, 0.4) is 0 Å². The van der Waals surface area contributed by atoms with Gasteiger partial charge in [-0.3, -0.25) is 4.79 Å². The third-order valence-electron chi connectivity index (χ3n) is 4.09. The Labute approximate surface area is 115 Å². The van der Waals surface area contributed by atoms with Crippen LogP contribution in [0.1, 0.15) is 30.4 Å². The van der Waals surface area contributed by atoms with Crippen LogP contribution in [0.15, 0.2) is 24.3 Å². The highest BCUT2D eigenvalue weighted by Gasteiger charge is 2.21. The minimum absolute atomic E-state index is 0.250. The second-order valence-electron chi connectivity index (χ2n) is 5.43. The number of hydrogen-bond donors (Lipinski definition) is 1. The predicted molar refractivity (Wildman–Crippen MR) is 75.9 cm³/mol. The predicted octanol–water partition coefficient (Wildman–Crippen LogP) is 2.16. The zero-order valence-electron chi connectivity index (χ0n) is 11.6. The van der Waals surface area contributed by atoms with Crippen LogP contribution >= 0.6 is 0 Å². The molecule has 1 aliphatic rings. The average Bonchev–Trinajstić information content (AvgIpc) is 2.46. The molecule has 0 saturated carbocycles. The summed E-state index contributed by atoms with van der Waals surface area (Å²) >= 11 is 0. The van der Waals surface area contributed by atoms with Crippen molar-refractivity contribution >= 4 is 5.91 Å². The lowest BCUT2D eigenvalue weighted by molar-refractivity contribution is -0.132. The zero-order valence-corrected chi connectivity index (χ0v) is 11.6. The first-order chi connectivity index (χ1) is 9.20. The lowest BCUT2D eigenvalue weighted by Crippen LogP contribution is -2.39. The first-order valence-corrected chi connectivity index (χ1v) is 7.14. The molecule has 0 unspecified atom stereocenters. The lowest BCUT2D eigenvalue weighted by atomic mass is 9.97. The summed E-state index contributed by atoms with van der Waals surface area (Å²) in [7, 11) is 0. The molecule has 1 aromatic carbocycles. The summed E-state index contributed by atoms with van der Waals surface area (Å²) in [6, 6.07) is 8.24. The van der Waals surface area contributed by atoms with Crippen LogP contribution in [0.2, 0.25) is 0 Å². The Morgan fingerprint density at radius 1 is 1.32 bits per heavy atom. The number of carbonyl (C=O) groups excluding carboxylic acids is 1. The summed E-state index contributed by atoms with van der Waals surface area (Å²) in [4.78, 5) is 14.1. The zero-order chi connectivity index (χ0) is 13.7. The van der Waals surface area contributed by atoms with E-state index in [2.05, 4.69) is 19.1 Å². The fourth-order valence-corrected chi connectivity index (χ4v) is 2.66. The summed E-state index contributed by atoms with van der Waals surface area (Å²) < 4.78 is 0. The highest BCUT2D eigenvalue weighted by Crippen LogP contribution is 2.18. The molecule has 1 aliphatic heterocycles. The van der Waals surface area contributed by atoms with Crippen LogP contribution in [0.5, 0.6) is 0 Å². The van der Waals surface area contributed by atoms with Gasteiger partial charge in [0.1, 0.15) is 0 Å². The molecular formula is C16H23NO2. The Hall–Kier alpha value is -1.35. The Balaban J connectivity index is 1.81. The molecule has 1 saturated heterocycles. The van der Waals surface area contributed by atoms with Crippen molar-refractivity contribution in [2.45, 2.75) is 32.6 Å². The normalized spacial score (nSPS) is 16.6. The Morgan fingerprint density at radius 3 is 2.63 bits per heavy atom. The molecule has 0 aliphatic carbocycles. The smallest absolute Gasteiger partial charge is 0.222 e. The molecule has 0 bridgehead atoms. The van der Waals surface area contributed by atoms with E-state index in [1.54, 1.807) is 0 Å². The lowest BCUT2D eigenvalue weighted by Gasteiger charge is -2.31. The molecular weight excluding hydrogens is 238 g/mol. The van der Waals surface area contributed by atoms with Gasteiger partial charge >= 0.3 is 0 Å². The SMILES string of the molecule is Cc1ccccc1CCC(=O)N1CCC(CO)CC1. The highest BCUT2D eigenvalue weighted by molar-refractivity contribution is 5.76. The molecule has 1 aromatic rings. The largest absolute Gasteiger partial charge is 0.396 e. The molecule has 1 N–H and O–H groups in total. The number of aryl methyl sites for hydroxylation is 2. The van der Waals surface area contributed by atoms with Gasteiger partial charge in [0.05, 0.1) is 0 Å². The maximum atomic E-state index is 12.1. The van der Waals surface area contributed by atoms with Gasteiger partial charge in [0.15, 0.2) is 0 Å². The summed E-state index contributed by atoms with van der Waals surface area (Å²) in [5.74, 6) is 0.639. The third kappa shape index (κ3) is 3.80. The number of likely N-dealkylation sites (tertiary alicyclic amines) is 1. The molecule has 3 nitrogen and oxygen atoms in total. The molecule has 2 rings (SSSR count). The number of hydrogen-bond acceptors (Lipinski definition) is 2. The maximum Gasteiger partial charge on any atom is 0.222 e. The third-order valence-corrected chi connectivity index (χ3v) is 4.09. The van der Waals surface area contributed by atoms with E-state index in [-0.39, 0.29) is 12.5 Å². The molecule has 19 heavy (non-hydrogen) atoms. The van der Waals surface area contributed by atoms with Crippen molar-refractivity contribution in [3.05, 3.63) is 35.4 Å². The van der Waals surface area contributed by atoms with Gasteiger partial charge in [-0.25, -0.2) is 0 Å². The van der Waals surface area contributed by atoms with Crippen molar-refractivity contribution in [1.82, 2.24) is 4.90 Å². The number of carbonyl (C=O) groups is 1. The first kappa shape index (κ1) is 14.1. The second-order valence-corrected chi connectivity index (χ2v) is 5.43. The average molecular weight is 261 g/mol. The minimum Gasteiger partial charge on any atom is -0.396 e. The highest BCUT2D eigenvalue weighted by atomic mass is 16.3. The molecule has 3 heteroatoms. The summed E-state index contributed by atoms with van der Waals surface area (Å²) in [5, 5.41) is 9.10.